The number of cyclic esters (lactones) is 1. The number of nitrogen functional groups attached to an aromatic ring is 1. The molecule has 4 rings (SSSR count). The molecule has 14 nitrogen and oxygen atoms in total. The van der Waals surface area contributed by atoms with E-state index in [-0.39, 0.29) is 34.7 Å². The zero-order valence-electron chi connectivity index (χ0n) is 39.7. The second-order valence-electron chi connectivity index (χ2n) is 17.5. The monoisotopic (exact) mass is 899 g/mol. The van der Waals surface area contributed by atoms with Crippen molar-refractivity contribution in [3.63, 3.8) is 0 Å². The van der Waals surface area contributed by atoms with Gasteiger partial charge in [0.25, 0.3) is 0 Å². The smallest absolute Gasteiger partial charge is 0.341 e. The van der Waals surface area contributed by atoms with Gasteiger partial charge in [-0.3, -0.25) is 0 Å². The molecule has 3 N–H and O–H groups in total. The minimum absolute atomic E-state index is 0. The maximum atomic E-state index is 12.5. The number of carbonyl (C=O) groups excluding carboxylic acids is 1. The molecule has 0 amide bonds. The molecule has 64 heavy (non-hydrogen) atoms. The summed E-state index contributed by atoms with van der Waals surface area (Å²) < 4.78 is 49.7. The van der Waals surface area contributed by atoms with Crippen molar-refractivity contribution >= 4 is 17.3 Å². The van der Waals surface area contributed by atoms with Crippen LogP contribution >= 0.6 is 0 Å². The number of carbonyl (C=O) groups is 1. The van der Waals surface area contributed by atoms with E-state index >= 15 is 0 Å². The van der Waals surface area contributed by atoms with E-state index in [1.807, 2.05) is 120 Å². The van der Waals surface area contributed by atoms with Crippen LogP contribution in [0.5, 0.6) is 0 Å². The summed E-state index contributed by atoms with van der Waals surface area (Å²) in [6.45, 7) is 30.3. The molecule has 0 saturated carbocycles. The quantitative estimate of drug-likeness (QED) is 0.0692. The van der Waals surface area contributed by atoms with E-state index in [4.69, 9.17) is 43.6 Å². The van der Waals surface area contributed by atoms with Gasteiger partial charge in [-0.15, -0.1) is 0 Å². The molecule has 0 bridgehead atoms. The van der Waals surface area contributed by atoms with Crippen LogP contribution in [0.3, 0.4) is 0 Å². The highest BCUT2D eigenvalue weighted by Gasteiger charge is 2.67. The number of rotatable bonds is 21. The molecule has 0 aliphatic carbocycles. The van der Waals surface area contributed by atoms with Gasteiger partial charge in [-0.1, -0.05) is 84.7 Å². The van der Waals surface area contributed by atoms with Gasteiger partial charge >= 0.3 is 5.97 Å². The molecule has 362 valence electrons. The van der Waals surface area contributed by atoms with E-state index < -0.39 is 47.4 Å². The number of nitrogens with zero attached hydrogens (tertiary/aromatic N) is 3. The number of ether oxygens (including phenoxy) is 8. The van der Waals surface area contributed by atoms with Gasteiger partial charge < -0.3 is 48.7 Å². The molecule has 7 atom stereocenters. The molecule has 14 heteroatoms. The van der Waals surface area contributed by atoms with E-state index in [1.54, 1.807) is 26.0 Å². The fourth-order valence-corrected chi connectivity index (χ4v) is 6.57. The van der Waals surface area contributed by atoms with Crippen LogP contribution in [0.15, 0.2) is 88.4 Å². The van der Waals surface area contributed by atoms with Gasteiger partial charge in [-0.25, -0.2) is 14.3 Å². The average molecular weight is 899 g/mol. The molecule has 1 unspecified atom stereocenters. The first-order chi connectivity index (χ1) is 29.2. The van der Waals surface area contributed by atoms with Gasteiger partial charge in [0.15, 0.2) is 23.1 Å². The lowest BCUT2D eigenvalue weighted by Crippen LogP contribution is -2.56. The van der Waals surface area contributed by atoms with Crippen LogP contribution in [0.1, 0.15) is 117 Å². The Hall–Kier alpha value is -3.99. The molecule has 0 radical (unpaired) electrons. The zero-order valence-corrected chi connectivity index (χ0v) is 39.7. The number of nitrogens with two attached hydrogens (primary N) is 1. The Morgan fingerprint density at radius 1 is 0.688 bits per heavy atom. The van der Waals surface area contributed by atoms with Crippen molar-refractivity contribution in [2.24, 2.45) is 0 Å². The predicted octanol–water partition coefficient (Wildman–Crippen LogP) is 9.19. The molecule has 2 aliphatic heterocycles. The van der Waals surface area contributed by atoms with Crippen LogP contribution in [-0.2, 0) is 48.5 Å². The van der Waals surface area contributed by atoms with Crippen LogP contribution in [0.4, 0.5) is 5.82 Å². The largest absolute Gasteiger partial charge is 0.455 e. The van der Waals surface area contributed by atoms with Crippen LogP contribution in [0, 0.1) is 0 Å². The van der Waals surface area contributed by atoms with Crippen molar-refractivity contribution in [1.29, 1.82) is 0 Å². The number of esters is 1. The lowest BCUT2D eigenvalue weighted by atomic mass is 9.87. The number of anilines is 1. The molecule has 2 aliphatic rings. The van der Waals surface area contributed by atoms with Crippen LogP contribution in [-0.4, -0.2) is 114 Å². The average Bonchev–Trinajstić information content (AvgIpc) is 3.78. The second-order valence-corrected chi connectivity index (χ2v) is 17.5. The number of hydrogen-bond donors (Lipinski definition) is 2. The SMILES string of the molecule is C.C.CC(C)=CCOC[C@H]1OC(=O)[C@](C)(OCC=C(C)C)[C@@H]1OCC=C(C)C.CC(C)=CCOC[C@H]1OC(O)(c2ccc3c(N)ncnn23)[C@](C)(OCC=C(C)C)[C@@H]1OCC=C(C)C. The van der Waals surface area contributed by atoms with Crippen LogP contribution in [0.25, 0.3) is 5.52 Å². The zero-order chi connectivity index (χ0) is 46.3. The first kappa shape index (κ1) is 58.0. The van der Waals surface area contributed by atoms with Crippen LogP contribution in [0.2, 0.25) is 0 Å². The van der Waals surface area contributed by atoms with E-state index in [0.29, 0.717) is 50.1 Å². The summed E-state index contributed by atoms with van der Waals surface area (Å²) in [4.78, 5) is 16.6. The van der Waals surface area contributed by atoms with E-state index in [2.05, 4.69) is 10.1 Å². The molecule has 0 spiro atoms. The van der Waals surface area contributed by atoms with Crippen molar-refractivity contribution in [3.8, 4) is 0 Å². The maximum Gasteiger partial charge on any atom is 0.341 e. The third kappa shape index (κ3) is 15.9. The summed E-state index contributed by atoms with van der Waals surface area (Å²) in [5.74, 6) is -2.03. The Bertz CT molecular complexity index is 1940. The highest BCUT2D eigenvalue weighted by atomic mass is 16.7. The highest BCUT2D eigenvalue weighted by Crippen LogP contribution is 2.49. The van der Waals surface area contributed by atoms with Crippen molar-refractivity contribution in [2.75, 3.05) is 58.6 Å². The maximum absolute atomic E-state index is 12.5. The topological polar surface area (TPSA) is 167 Å². The minimum Gasteiger partial charge on any atom is -0.455 e. The molecule has 4 heterocycles. The standard InChI is InChI=1S/C27H40N4O5.C21H34O5.2CH4/c1-18(2)10-13-33-16-22-24(34-14-11-19(3)4)26(7,35-15-12-20(5)6)27(32,36-22)23-9-8-21-25(28)29-17-30-31(21)23;1-15(2)8-11-23-14-18-19(24-12-9-16(3)4)21(7,20(22)26-18)25-13-10-17(5)6;;/h8-12,17,22,24,32H,13-16H2,1-7H3,(H2,28,29,30);8-10,18-19H,11-14H2,1-7H3;2*1H4/t22-,24-,26-,27?;18-,19-,21-;;/m11../s1. The Kier molecular flexibility index (Phi) is 24.3. The van der Waals surface area contributed by atoms with Crippen molar-refractivity contribution in [2.45, 2.75) is 153 Å². The lowest BCUT2D eigenvalue weighted by molar-refractivity contribution is -0.288. The van der Waals surface area contributed by atoms with Gasteiger partial charge in [0.2, 0.25) is 5.79 Å². The normalized spacial score (nSPS) is 24.5. The van der Waals surface area contributed by atoms with Gasteiger partial charge in [-0.2, -0.15) is 5.10 Å². The number of hydrogen-bond acceptors (Lipinski definition) is 13. The fraction of sp³-hybridized carbons (Fsp3) is 0.620. The summed E-state index contributed by atoms with van der Waals surface area (Å²) in [6.07, 6.45) is 10.9. The Labute approximate surface area is 384 Å². The molecular weight excluding hydrogens is 817 g/mol. The van der Waals surface area contributed by atoms with E-state index in [9.17, 15) is 9.90 Å². The summed E-state index contributed by atoms with van der Waals surface area (Å²) in [5.41, 5.74) is 11.4. The first-order valence-corrected chi connectivity index (χ1v) is 21.3. The predicted molar refractivity (Wildman–Crippen MR) is 256 cm³/mol. The van der Waals surface area contributed by atoms with Gasteiger partial charge in [0.1, 0.15) is 35.8 Å². The summed E-state index contributed by atoms with van der Waals surface area (Å²) in [7, 11) is 0. The molecule has 2 aromatic rings. The van der Waals surface area contributed by atoms with Crippen molar-refractivity contribution < 1.29 is 47.8 Å². The summed E-state index contributed by atoms with van der Waals surface area (Å²) in [5, 5.41) is 16.6. The molecule has 2 saturated heterocycles. The number of aromatic nitrogens is 3. The lowest BCUT2D eigenvalue weighted by Gasteiger charge is -2.39. The van der Waals surface area contributed by atoms with Gasteiger partial charge in [-0.05, 0) is 109 Å². The van der Waals surface area contributed by atoms with E-state index in [1.165, 1.54) is 16.4 Å². The Balaban J connectivity index is 0.000000653. The molecule has 2 fully saturated rings. The first-order valence-electron chi connectivity index (χ1n) is 21.3. The Morgan fingerprint density at radius 3 is 1.66 bits per heavy atom. The molecule has 2 aromatic heterocycles. The minimum atomic E-state index is -1.92. The summed E-state index contributed by atoms with van der Waals surface area (Å²) in [6, 6.07) is 3.47. The molecular formula is C50H82N4O10. The molecule has 0 aromatic carbocycles. The van der Waals surface area contributed by atoms with Gasteiger partial charge in [0.05, 0.1) is 52.9 Å². The second kappa shape index (κ2) is 26.8. The third-order valence-electron chi connectivity index (χ3n) is 10.3. The fourth-order valence-electron chi connectivity index (χ4n) is 6.57. The van der Waals surface area contributed by atoms with Crippen molar-refractivity contribution in [3.05, 3.63) is 94.0 Å². The Morgan fingerprint density at radius 2 is 1.14 bits per heavy atom. The van der Waals surface area contributed by atoms with Gasteiger partial charge in [0, 0.05) is 0 Å². The van der Waals surface area contributed by atoms with Crippen LogP contribution < -0.4 is 5.73 Å². The number of aliphatic hydroxyl groups is 1. The third-order valence-corrected chi connectivity index (χ3v) is 10.3. The van der Waals surface area contributed by atoms with E-state index in [0.717, 1.165) is 27.9 Å². The highest BCUT2D eigenvalue weighted by molar-refractivity contribution is 5.82. The number of fused-ring (bicyclic) bond motifs is 1. The van der Waals surface area contributed by atoms with Crippen molar-refractivity contribution in [1.82, 2.24) is 14.6 Å². The summed E-state index contributed by atoms with van der Waals surface area (Å²) >= 11 is 0. The number of allylic oxidation sites excluding steroid dienone is 6.